The molecule has 3 aromatic rings. The summed E-state index contributed by atoms with van der Waals surface area (Å²) >= 11 is 0. The van der Waals surface area contributed by atoms with Crippen molar-refractivity contribution in [2.45, 2.75) is 6.10 Å². The van der Waals surface area contributed by atoms with Gasteiger partial charge in [0.25, 0.3) is 0 Å². The van der Waals surface area contributed by atoms with E-state index in [0.717, 1.165) is 22.0 Å². The van der Waals surface area contributed by atoms with E-state index in [1.165, 1.54) is 0 Å². The van der Waals surface area contributed by atoms with Crippen LogP contribution in [-0.2, 0) is 0 Å². The summed E-state index contributed by atoms with van der Waals surface area (Å²) in [5.41, 5.74) is 1.62. The lowest BCUT2D eigenvalue weighted by Crippen LogP contribution is -2.39. The van der Waals surface area contributed by atoms with E-state index in [2.05, 4.69) is 10.6 Å². The maximum atomic E-state index is 12.5. The van der Waals surface area contributed by atoms with Crippen molar-refractivity contribution in [1.29, 1.82) is 0 Å². The molecule has 3 rings (SSSR count). The normalized spacial score (nSPS) is 13.3. The van der Waals surface area contributed by atoms with E-state index in [1.807, 2.05) is 91.8 Å². The first-order chi connectivity index (χ1) is 13.5. The Hall–Kier alpha value is -2.89. The standard InChI is InChI=1S/C23H27N3O2/c1-26(2)16-19(22(27)18-10-4-3-5-11-18)15-24-23(28)25-21-14-8-12-17-9-6-7-13-20(17)21/h3-14,19,22,27H,15-16H2,1-2H3,(H2,24,25,28)/t19-,22+/m1/s1. The summed E-state index contributed by atoms with van der Waals surface area (Å²) in [4.78, 5) is 14.5. The number of nitrogens with one attached hydrogen (secondary N) is 2. The number of benzene rings is 3. The molecule has 0 fully saturated rings. The van der Waals surface area contributed by atoms with E-state index in [4.69, 9.17) is 0 Å². The van der Waals surface area contributed by atoms with Crippen molar-refractivity contribution in [3.8, 4) is 0 Å². The summed E-state index contributed by atoms with van der Waals surface area (Å²) in [6.45, 7) is 1.02. The Morgan fingerprint density at radius 2 is 1.64 bits per heavy atom. The first-order valence-corrected chi connectivity index (χ1v) is 9.45. The van der Waals surface area contributed by atoms with Crippen LogP contribution in [-0.4, -0.2) is 43.2 Å². The van der Waals surface area contributed by atoms with Crippen molar-refractivity contribution in [2.24, 2.45) is 5.92 Å². The van der Waals surface area contributed by atoms with Crippen molar-refractivity contribution in [1.82, 2.24) is 10.2 Å². The number of hydrogen-bond donors (Lipinski definition) is 3. The highest BCUT2D eigenvalue weighted by atomic mass is 16.3. The zero-order valence-corrected chi connectivity index (χ0v) is 16.3. The van der Waals surface area contributed by atoms with Crippen molar-refractivity contribution in [2.75, 3.05) is 32.5 Å². The third-order valence-corrected chi connectivity index (χ3v) is 4.75. The molecule has 3 N–H and O–H groups in total. The first-order valence-electron chi connectivity index (χ1n) is 9.45. The Morgan fingerprint density at radius 1 is 0.964 bits per heavy atom. The Balaban J connectivity index is 1.66. The molecule has 0 radical (unpaired) electrons. The molecule has 0 unspecified atom stereocenters. The van der Waals surface area contributed by atoms with Crippen LogP contribution in [0.3, 0.4) is 0 Å². The molecule has 0 aromatic heterocycles. The van der Waals surface area contributed by atoms with Crippen LogP contribution in [0.5, 0.6) is 0 Å². The van der Waals surface area contributed by atoms with Crippen molar-refractivity contribution in [3.05, 3.63) is 78.4 Å². The number of urea groups is 1. The molecule has 5 heteroatoms. The smallest absolute Gasteiger partial charge is 0.319 e. The predicted molar refractivity (Wildman–Crippen MR) is 114 cm³/mol. The largest absolute Gasteiger partial charge is 0.388 e. The minimum atomic E-state index is -0.651. The zero-order chi connectivity index (χ0) is 19.9. The Kier molecular flexibility index (Phi) is 6.63. The van der Waals surface area contributed by atoms with E-state index in [9.17, 15) is 9.90 Å². The van der Waals surface area contributed by atoms with Gasteiger partial charge >= 0.3 is 6.03 Å². The van der Waals surface area contributed by atoms with Crippen LogP contribution in [0.4, 0.5) is 10.5 Å². The Labute approximate surface area is 166 Å². The van der Waals surface area contributed by atoms with E-state index in [0.29, 0.717) is 13.1 Å². The van der Waals surface area contributed by atoms with E-state index >= 15 is 0 Å². The molecular formula is C23H27N3O2. The highest BCUT2D eigenvalue weighted by Crippen LogP contribution is 2.24. The van der Waals surface area contributed by atoms with Crippen molar-refractivity contribution < 1.29 is 9.90 Å². The summed E-state index contributed by atoms with van der Waals surface area (Å²) in [6, 6.07) is 23.0. The molecule has 0 saturated carbocycles. The molecule has 0 bridgehead atoms. The number of anilines is 1. The summed E-state index contributed by atoms with van der Waals surface area (Å²) in [7, 11) is 3.92. The van der Waals surface area contributed by atoms with Gasteiger partial charge in [-0.15, -0.1) is 0 Å². The molecule has 5 nitrogen and oxygen atoms in total. The van der Waals surface area contributed by atoms with Gasteiger partial charge in [0.15, 0.2) is 0 Å². The fourth-order valence-corrected chi connectivity index (χ4v) is 3.39. The number of fused-ring (bicyclic) bond motifs is 1. The van der Waals surface area contributed by atoms with Crippen LogP contribution < -0.4 is 10.6 Å². The van der Waals surface area contributed by atoms with Crippen LogP contribution in [0.15, 0.2) is 72.8 Å². The maximum Gasteiger partial charge on any atom is 0.319 e. The topological polar surface area (TPSA) is 64.6 Å². The van der Waals surface area contributed by atoms with Gasteiger partial charge < -0.3 is 20.6 Å². The van der Waals surface area contributed by atoms with Gasteiger partial charge in [-0.2, -0.15) is 0 Å². The molecule has 2 atom stereocenters. The molecule has 0 aliphatic rings. The number of aliphatic hydroxyl groups excluding tert-OH is 1. The molecule has 0 aliphatic heterocycles. The number of rotatable bonds is 7. The number of aliphatic hydroxyl groups is 1. The Morgan fingerprint density at radius 3 is 2.39 bits per heavy atom. The van der Waals surface area contributed by atoms with Gasteiger partial charge in [0.1, 0.15) is 0 Å². The minimum Gasteiger partial charge on any atom is -0.388 e. The SMILES string of the molecule is CN(C)C[C@@H](CNC(=O)Nc1cccc2ccccc12)[C@@H](O)c1ccccc1. The van der Waals surface area contributed by atoms with E-state index in [-0.39, 0.29) is 11.9 Å². The number of carbonyl (C=O) groups excluding carboxylic acids is 1. The number of hydrogen-bond acceptors (Lipinski definition) is 3. The fourth-order valence-electron chi connectivity index (χ4n) is 3.39. The lowest BCUT2D eigenvalue weighted by Gasteiger charge is -2.26. The number of nitrogens with zero attached hydrogens (tertiary/aromatic N) is 1. The Bertz CT molecular complexity index is 907. The van der Waals surface area contributed by atoms with Gasteiger partial charge in [-0.3, -0.25) is 0 Å². The molecule has 146 valence electrons. The lowest BCUT2D eigenvalue weighted by molar-refractivity contribution is 0.0911. The summed E-state index contributed by atoms with van der Waals surface area (Å²) in [5, 5.41) is 18.7. The van der Waals surface area contributed by atoms with Crippen LogP contribution in [0.1, 0.15) is 11.7 Å². The molecule has 0 heterocycles. The summed E-state index contributed by atoms with van der Waals surface area (Å²) < 4.78 is 0. The second-order valence-electron chi connectivity index (χ2n) is 7.24. The van der Waals surface area contributed by atoms with Gasteiger partial charge in [0, 0.05) is 24.4 Å². The van der Waals surface area contributed by atoms with Gasteiger partial charge in [0.2, 0.25) is 0 Å². The molecule has 3 aromatic carbocycles. The summed E-state index contributed by atoms with van der Waals surface area (Å²) in [6.07, 6.45) is -0.651. The first kappa shape index (κ1) is 19.9. The van der Waals surface area contributed by atoms with Crippen molar-refractivity contribution >= 4 is 22.5 Å². The second kappa shape index (κ2) is 9.35. The lowest BCUT2D eigenvalue weighted by atomic mass is 9.95. The molecule has 2 amide bonds. The zero-order valence-electron chi connectivity index (χ0n) is 16.3. The third kappa shape index (κ3) is 5.09. The van der Waals surface area contributed by atoms with Crippen LogP contribution in [0.25, 0.3) is 10.8 Å². The summed E-state index contributed by atoms with van der Waals surface area (Å²) in [5.74, 6) is -0.129. The number of amides is 2. The van der Waals surface area contributed by atoms with E-state index < -0.39 is 6.10 Å². The molecule has 28 heavy (non-hydrogen) atoms. The number of carbonyl (C=O) groups is 1. The van der Waals surface area contributed by atoms with Crippen LogP contribution >= 0.6 is 0 Å². The van der Waals surface area contributed by atoms with Gasteiger partial charge in [-0.1, -0.05) is 66.7 Å². The van der Waals surface area contributed by atoms with Crippen LogP contribution in [0.2, 0.25) is 0 Å². The average Bonchev–Trinajstić information content (AvgIpc) is 2.71. The monoisotopic (exact) mass is 377 g/mol. The maximum absolute atomic E-state index is 12.5. The average molecular weight is 377 g/mol. The van der Waals surface area contributed by atoms with Gasteiger partial charge in [-0.25, -0.2) is 4.79 Å². The molecule has 0 aliphatic carbocycles. The molecular weight excluding hydrogens is 350 g/mol. The highest BCUT2D eigenvalue weighted by Gasteiger charge is 2.22. The molecule has 0 saturated heterocycles. The highest BCUT2D eigenvalue weighted by molar-refractivity contribution is 6.01. The van der Waals surface area contributed by atoms with E-state index in [1.54, 1.807) is 0 Å². The quantitative estimate of drug-likeness (QED) is 0.586. The fraction of sp³-hybridized carbons (Fsp3) is 0.261. The third-order valence-electron chi connectivity index (χ3n) is 4.75. The molecule has 0 spiro atoms. The minimum absolute atomic E-state index is 0.129. The van der Waals surface area contributed by atoms with Crippen LogP contribution in [0, 0.1) is 5.92 Å². The van der Waals surface area contributed by atoms with Gasteiger partial charge in [-0.05, 0) is 31.1 Å². The van der Waals surface area contributed by atoms with Crippen molar-refractivity contribution in [3.63, 3.8) is 0 Å². The predicted octanol–water partition coefficient (Wildman–Crippen LogP) is 3.87. The van der Waals surface area contributed by atoms with Gasteiger partial charge in [0.05, 0.1) is 11.8 Å². The second-order valence-corrected chi connectivity index (χ2v) is 7.24.